The van der Waals surface area contributed by atoms with Crippen LogP contribution < -0.4 is 11.1 Å². The third-order valence-corrected chi connectivity index (χ3v) is 2.90. The second kappa shape index (κ2) is 5.72. The Balaban J connectivity index is 2.59. The molecule has 0 saturated carbocycles. The van der Waals surface area contributed by atoms with Gasteiger partial charge in [-0.05, 0) is 13.0 Å². The molecular formula is C10H15N3O2S. The van der Waals surface area contributed by atoms with Crippen LogP contribution in [-0.2, 0) is 4.79 Å². The Morgan fingerprint density at radius 3 is 2.81 bits per heavy atom. The largest absolute Gasteiger partial charge is 0.330 e. The number of aromatic nitrogens is 1. The highest BCUT2D eigenvalue weighted by Crippen LogP contribution is 2.17. The molecule has 88 valence electrons. The first-order valence-corrected chi connectivity index (χ1v) is 5.90. The van der Waals surface area contributed by atoms with Gasteiger partial charge in [0.25, 0.3) is 0 Å². The smallest absolute Gasteiger partial charge is 0.229 e. The van der Waals surface area contributed by atoms with Crippen molar-refractivity contribution in [3.8, 4) is 0 Å². The fourth-order valence-electron chi connectivity index (χ4n) is 1.10. The Hall–Kier alpha value is -1.27. The van der Waals surface area contributed by atoms with Gasteiger partial charge in [-0.25, -0.2) is 4.98 Å². The quantitative estimate of drug-likeness (QED) is 0.760. The molecule has 0 bridgehead atoms. The molecule has 0 fully saturated rings. The maximum atomic E-state index is 11.6. The SMILES string of the molecule is CC(=O)c1csc(NC(=O)C(C)CCN)n1. The van der Waals surface area contributed by atoms with Gasteiger partial charge < -0.3 is 11.1 Å². The van der Waals surface area contributed by atoms with Crippen LogP contribution in [0.1, 0.15) is 30.8 Å². The molecule has 6 heteroatoms. The highest BCUT2D eigenvalue weighted by atomic mass is 32.1. The summed E-state index contributed by atoms with van der Waals surface area (Å²) in [5, 5.41) is 4.75. The van der Waals surface area contributed by atoms with Crippen molar-refractivity contribution in [2.75, 3.05) is 11.9 Å². The maximum absolute atomic E-state index is 11.6. The molecule has 1 unspecified atom stereocenters. The number of ketones is 1. The third-order valence-electron chi connectivity index (χ3n) is 2.14. The molecule has 0 aliphatic carbocycles. The first-order chi connectivity index (χ1) is 7.54. The van der Waals surface area contributed by atoms with E-state index in [1.165, 1.54) is 18.3 Å². The Morgan fingerprint density at radius 2 is 2.31 bits per heavy atom. The molecule has 0 aliphatic rings. The van der Waals surface area contributed by atoms with E-state index in [0.29, 0.717) is 23.8 Å². The molecule has 0 aromatic carbocycles. The van der Waals surface area contributed by atoms with Gasteiger partial charge >= 0.3 is 0 Å². The van der Waals surface area contributed by atoms with Crippen LogP contribution in [-0.4, -0.2) is 23.2 Å². The van der Waals surface area contributed by atoms with E-state index < -0.39 is 0 Å². The van der Waals surface area contributed by atoms with E-state index in [9.17, 15) is 9.59 Å². The Labute approximate surface area is 98.1 Å². The molecule has 5 nitrogen and oxygen atoms in total. The number of rotatable bonds is 5. The topological polar surface area (TPSA) is 85.1 Å². The number of nitrogens with zero attached hydrogens (tertiary/aromatic N) is 1. The summed E-state index contributed by atoms with van der Waals surface area (Å²) < 4.78 is 0. The van der Waals surface area contributed by atoms with Crippen molar-refractivity contribution >= 4 is 28.2 Å². The minimum Gasteiger partial charge on any atom is -0.330 e. The number of carbonyl (C=O) groups is 2. The second-order valence-corrected chi connectivity index (χ2v) is 4.42. The average molecular weight is 241 g/mol. The molecule has 1 amide bonds. The highest BCUT2D eigenvalue weighted by molar-refractivity contribution is 7.14. The lowest BCUT2D eigenvalue weighted by Crippen LogP contribution is -2.22. The molecule has 16 heavy (non-hydrogen) atoms. The number of thiazole rings is 1. The summed E-state index contributed by atoms with van der Waals surface area (Å²) in [7, 11) is 0. The second-order valence-electron chi connectivity index (χ2n) is 3.56. The van der Waals surface area contributed by atoms with Crippen molar-refractivity contribution in [1.82, 2.24) is 4.98 Å². The Kier molecular flexibility index (Phi) is 4.57. The van der Waals surface area contributed by atoms with Crippen LogP contribution in [0.2, 0.25) is 0 Å². The maximum Gasteiger partial charge on any atom is 0.229 e. The number of hydrogen-bond acceptors (Lipinski definition) is 5. The minimum atomic E-state index is -0.144. The summed E-state index contributed by atoms with van der Waals surface area (Å²) in [6.45, 7) is 3.73. The zero-order valence-electron chi connectivity index (χ0n) is 9.32. The van der Waals surface area contributed by atoms with Gasteiger partial charge in [0, 0.05) is 18.2 Å². The van der Waals surface area contributed by atoms with E-state index >= 15 is 0 Å². The number of anilines is 1. The first-order valence-electron chi connectivity index (χ1n) is 5.02. The predicted molar refractivity (Wildman–Crippen MR) is 63.6 cm³/mol. The summed E-state index contributed by atoms with van der Waals surface area (Å²) in [4.78, 5) is 26.6. The number of hydrogen-bond donors (Lipinski definition) is 2. The monoisotopic (exact) mass is 241 g/mol. The zero-order chi connectivity index (χ0) is 12.1. The van der Waals surface area contributed by atoms with E-state index in [-0.39, 0.29) is 17.6 Å². The van der Waals surface area contributed by atoms with Crippen molar-refractivity contribution in [2.24, 2.45) is 11.7 Å². The van der Waals surface area contributed by atoms with Crippen LogP contribution in [0, 0.1) is 5.92 Å². The van der Waals surface area contributed by atoms with Gasteiger partial charge in [0.15, 0.2) is 10.9 Å². The Bertz CT molecular complexity index is 389. The van der Waals surface area contributed by atoms with Crippen molar-refractivity contribution in [2.45, 2.75) is 20.3 Å². The fraction of sp³-hybridized carbons (Fsp3) is 0.500. The van der Waals surface area contributed by atoms with E-state index in [1.807, 2.05) is 6.92 Å². The molecule has 0 saturated heterocycles. The third kappa shape index (κ3) is 3.39. The van der Waals surface area contributed by atoms with Gasteiger partial charge in [-0.1, -0.05) is 6.92 Å². The van der Waals surface area contributed by atoms with Gasteiger partial charge in [0.2, 0.25) is 5.91 Å². The molecular weight excluding hydrogens is 226 g/mol. The Morgan fingerprint density at radius 1 is 1.62 bits per heavy atom. The number of Topliss-reactive ketones (excluding diaryl/α,β-unsaturated/α-hetero) is 1. The normalized spacial score (nSPS) is 12.2. The molecule has 1 rings (SSSR count). The minimum absolute atomic E-state index is 0.105. The molecule has 1 heterocycles. The lowest BCUT2D eigenvalue weighted by Gasteiger charge is -2.08. The number of nitrogens with two attached hydrogens (primary N) is 1. The van der Waals surface area contributed by atoms with Gasteiger partial charge in [-0.2, -0.15) is 0 Å². The summed E-state index contributed by atoms with van der Waals surface area (Å²) in [5.74, 6) is -0.365. The van der Waals surface area contributed by atoms with Crippen LogP contribution >= 0.6 is 11.3 Å². The fourth-order valence-corrected chi connectivity index (χ4v) is 1.86. The van der Waals surface area contributed by atoms with Crippen molar-refractivity contribution in [3.05, 3.63) is 11.1 Å². The molecule has 0 aliphatic heterocycles. The number of nitrogens with one attached hydrogen (secondary N) is 1. The molecule has 1 aromatic heterocycles. The molecule has 3 N–H and O–H groups in total. The van der Waals surface area contributed by atoms with E-state index in [4.69, 9.17) is 5.73 Å². The van der Waals surface area contributed by atoms with Gasteiger partial charge in [0.05, 0.1) is 0 Å². The lowest BCUT2D eigenvalue weighted by atomic mass is 10.1. The summed E-state index contributed by atoms with van der Waals surface area (Å²) in [6.07, 6.45) is 0.636. The van der Waals surface area contributed by atoms with E-state index in [2.05, 4.69) is 10.3 Å². The average Bonchev–Trinajstić information content (AvgIpc) is 2.66. The van der Waals surface area contributed by atoms with Crippen LogP contribution in [0.4, 0.5) is 5.13 Å². The van der Waals surface area contributed by atoms with Crippen molar-refractivity contribution in [3.63, 3.8) is 0 Å². The summed E-state index contributed by atoms with van der Waals surface area (Å²) in [6, 6.07) is 0. The first kappa shape index (κ1) is 12.8. The van der Waals surface area contributed by atoms with Gasteiger partial charge in [-0.15, -0.1) is 11.3 Å². The molecule has 1 atom stereocenters. The summed E-state index contributed by atoms with van der Waals surface area (Å²) >= 11 is 1.25. The highest BCUT2D eigenvalue weighted by Gasteiger charge is 2.14. The van der Waals surface area contributed by atoms with E-state index in [1.54, 1.807) is 5.38 Å². The van der Waals surface area contributed by atoms with Gasteiger partial charge in [-0.3, -0.25) is 9.59 Å². The molecule has 1 aromatic rings. The molecule has 0 radical (unpaired) electrons. The van der Waals surface area contributed by atoms with Crippen LogP contribution in [0.3, 0.4) is 0 Å². The summed E-state index contributed by atoms with van der Waals surface area (Å²) in [5.41, 5.74) is 5.75. The van der Waals surface area contributed by atoms with Crippen LogP contribution in [0.5, 0.6) is 0 Å². The standard InChI is InChI=1S/C10H15N3O2S/c1-6(3-4-11)9(15)13-10-12-8(5-16-10)7(2)14/h5-6H,3-4,11H2,1-2H3,(H,12,13,15). The zero-order valence-corrected chi connectivity index (χ0v) is 10.1. The van der Waals surface area contributed by atoms with E-state index in [0.717, 1.165) is 0 Å². The lowest BCUT2D eigenvalue weighted by molar-refractivity contribution is -0.119. The van der Waals surface area contributed by atoms with Gasteiger partial charge in [0.1, 0.15) is 5.69 Å². The number of carbonyl (C=O) groups excluding carboxylic acids is 2. The van der Waals surface area contributed by atoms with Crippen molar-refractivity contribution < 1.29 is 9.59 Å². The van der Waals surface area contributed by atoms with Crippen LogP contribution in [0.15, 0.2) is 5.38 Å². The number of amides is 1. The predicted octanol–water partition coefficient (Wildman–Crippen LogP) is 1.27. The van der Waals surface area contributed by atoms with Crippen LogP contribution in [0.25, 0.3) is 0 Å². The molecule has 0 spiro atoms. The van der Waals surface area contributed by atoms with Crippen molar-refractivity contribution in [1.29, 1.82) is 0 Å².